The molecule has 0 fully saturated rings. The summed E-state index contributed by atoms with van der Waals surface area (Å²) in [6.45, 7) is 13.4. The van der Waals surface area contributed by atoms with Crippen LogP contribution in [0.4, 0.5) is 0 Å². The van der Waals surface area contributed by atoms with Gasteiger partial charge in [-0.1, -0.05) is 73.4 Å². The Kier molecular flexibility index (Phi) is 4.37. The Morgan fingerprint density at radius 2 is 1.04 bits per heavy atom. The van der Waals surface area contributed by atoms with E-state index >= 15 is 0 Å². The molecule has 0 aromatic heterocycles. The van der Waals surface area contributed by atoms with Crippen molar-refractivity contribution in [3.63, 3.8) is 0 Å². The van der Waals surface area contributed by atoms with E-state index in [0.29, 0.717) is 0 Å². The van der Waals surface area contributed by atoms with E-state index < -0.39 is 0 Å². The largest absolute Gasteiger partial charge is 0.0837 e. The Hall–Kier alpha value is -1.50. The lowest BCUT2D eigenvalue weighted by Crippen LogP contribution is -2.29. The first-order chi connectivity index (χ1) is 12.7. The van der Waals surface area contributed by atoms with Crippen LogP contribution in [0.3, 0.4) is 0 Å². The minimum Gasteiger partial charge on any atom is -0.0837 e. The summed E-state index contributed by atoms with van der Waals surface area (Å²) in [5.74, 6) is 0.548. The molecule has 0 radical (unpaired) electrons. The van der Waals surface area contributed by atoms with Crippen molar-refractivity contribution < 1.29 is 0 Å². The molecule has 2 atom stereocenters. The van der Waals surface area contributed by atoms with Crippen molar-refractivity contribution in [2.24, 2.45) is 5.41 Å². The molecular weight excluding hydrogens is 371 g/mol. The molecule has 140 valence electrons. The topological polar surface area (TPSA) is 0 Å². The van der Waals surface area contributed by atoms with Crippen molar-refractivity contribution in [3.05, 3.63) is 80.9 Å². The fourth-order valence-electron chi connectivity index (χ4n) is 5.66. The first kappa shape index (κ1) is 18.8. The lowest BCUT2D eigenvalue weighted by Gasteiger charge is -2.40. The molecule has 2 unspecified atom stereocenters. The van der Waals surface area contributed by atoms with E-state index in [4.69, 9.17) is 23.2 Å². The van der Waals surface area contributed by atoms with Gasteiger partial charge in [-0.15, -0.1) is 0 Å². The number of allylic oxidation sites excluding steroid dienone is 2. The smallest absolute Gasteiger partial charge is 0.0479 e. The molecule has 27 heavy (non-hydrogen) atoms. The van der Waals surface area contributed by atoms with E-state index in [1.54, 1.807) is 0 Å². The van der Waals surface area contributed by atoms with Gasteiger partial charge in [0, 0.05) is 21.9 Å². The summed E-state index contributed by atoms with van der Waals surface area (Å²) in [6, 6.07) is 13.1. The first-order valence-electron chi connectivity index (χ1n) is 9.60. The van der Waals surface area contributed by atoms with Gasteiger partial charge in [0.1, 0.15) is 0 Å². The van der Waals surface area contributed by atoms with E-state index in [-0.39, 0.29) is 17.3 Å². The maximum absolute atomic E-state index is 6.84. The zero-order chi connectivity index (χ0) is 19.7. The Morgan fingerprint density at radius 1 is 0.667 bits per heavy atom. The van der Waals surface area contributed by atoms with Crippen LogP contribution in [0.5, 0.6) is 0 Å². The number of benzene rings is 2. The van der Waals surface area contributed by atoms with Gasteiger partial charge in [0.25, 0.3) is 0 Å². The van der Waals surface area contributed by atoms with Crippen molar-refractivity contribution in [2.75, 3.05) is 0 Å². The van der Waals surface area contributed by atoms with Gasteiger partial charge < -0.3 is 0 Å². The van der Waals surface area contributed by atoms with Gasteiger partial charge in [-0.3, -0.25) is 0 Å². The van der Waals surface area contributed by atoms with Crippen LogP contribution in [0.15, 0.2) is 47.5 Å². The number of hydrogen-bond acceptors (Lipinski definition) is 0. The van der Waals surface area contributed by atoms with Crippen LogP contribution in [0, 0.1) is 19.3 Å². The van der Waals surface area contributed by atoms with Crippen LogP contribution >= 0.6 is 23.2 Å². The van der Waals surface area contributed by atoms with Crippen molar-refractivity contribution in [1.29, 1.82) is 0 Å². The fraction of sp³-hybridized carbons (Fsp3) is 0.360. The van der Waals surface area contributed by atoms with Crippen molar-refractivity contribution in [2.45, 2.75) is 53.4 Å². The number of aryl methyl sites for hydroxylation is 2. The highest BCUT2D eigenvalue weighted by Crippen LogP contribution is 2.62. The number of halogens is 2. The Balaban J connectivity index is 1.92. The highest BCUT2D eigenvalue weighted by molar-refractivity contribution is 6.50. The van der Waals surface area contributed by atoms with E-state index in [2.05, 4.69) is 77.9 Å². The minimum atomic E-state index is -0.0491. The predicted octanol–water partition coefficient (Wildman–Crippen LogP) is 8.16. The molecular formula is C25H26Cl2. The molecule has 4 rings (SSSR count). The van der Waals surface area contributed by atoms with Crippen molar-refractivity contribution in [1.82, 2.24) is 0 Å². The molecule has 0 amide bonds. The van der Waals surface area contributed by atoms with E-state index in [1.807, 2.05) is 0 Å². The first-order valence-corrected chi connectivity index (χ1v) is 10.4. The highest BCUT2D eigenvalue weighted by atomic mass is 35.5. The molecule has 0 spiro atoms. The molecule has 0 bridgehead atoms. The van der Waals surface area contributed by atoms with Crippen LogP contribution < -0.4 is 0 Å². The summed E-state index contributed by atoms with van der Waals surface area (Å²) in [4.78, 5) is 0. The molecule has 2 aromatic carbocycles. The summed E-state index contributed by atoms with van der Waals surface area (Å²) < 4.78 is 0. The molecule has 0 N–H and O–H groups in total. The average molecular weight is 397 g/mol. The van der Waals surface area contributed by atoms with Gasteiger partial charge in [-0.05, 0) is 77.6 Å². The second-order valence-electron chi connectivity index (χ2n) is 8.76. The van der Waals surface area contributed by atoms with Crippen molar-refractivity contribution in [3.8, 4) is 0 Å². The summed E-state index contributed by atoms with van der Waals surface area (Å²) in [7, 11) is 0. The molecule has 2 aromatic rings. The summed E-state index contributed by atoms with van der Waals surface area (Å²) in [5, 5.41) is 1.85. The normalized spacial score (nSPS) is 21.8. The number of hydrogen-bond donors (Lipinski definition) is 0. The van der Waals surface area contributed by atoms with Gasteiger partial charge >= 0.3 is 0 Å². The van der Waals surface area contributed by atoms with Crippen molar-refractivity contribution >= 4 is 33.3 Å². The van der Waals surface area contributed by atoms with Crippen LogP contribution in [0.1, 0.15) is 72.9 Å². The SMILES string of the molecule is CC1=C(Cl)c2c(C)cccc2C1C(C)(C)C1C(C)=C(Cl)c2c(C)cccc21. The number of fused-ring (bicyclic) bond motifs is 2. The zero-order valence-corrected chi connectivity index (χ0v) is 18.4. The lowest BCUT2D eigenvalue weighted by molar-refractivity contribution is 0.274. The van der Waals surface area contributed by atoms with Gasteiger partial charge in [0.05, 0.1) is 0 Å². The zero-order valence-electron chi connectivity index (χ0n) is 16.9. The predicted molar refractivity (Wildman–Crippen MR) is 119 cm³/mol. The van der Waals surface area contributed by atoms with Crippen LogP contribution in [-0.2, 0) is 0 Å². The molecule has 0 saturated heterocycles. The monoisotopic (exact) mass is 396 g/mol. The minimum absolute atomic E-state index is 0.0491. The molecule has 0 saturated carbocycles. The maximum atomic E-state index is 6.84. The van der Waals surface area contributed by atoms with Crippen LogP contribution in [-0.4, -0.2) is 0 Å². The Morgan fingerprint density at radius 3 is 1.41 bits per heavy atom. The second kappa shape index (κ2) is 6.26. The van der Waals surface area contributed by atoms with Crippen LogP contribution in [0.25, 0.3) is 10.1 Å². The molecule has 2 heteroatoms. The summed E-state index contributed by atoms with van der Waals surface area (Å²) >= 11 is 13.7. The average Bonchev–Trinajstić information content (AvgIpc) is 3.02. The van der Waals surface area contributed by atoms with Gasteiger partial charge in [-0.25, -0.2) is 0 Å². The summed E-state index contributed by atoms with van der Waals surface area (Å²) in [6.07, 6.45) is 0. The van der Waals surface area contributed by atoms with Gasteiger partial charge in [0.15, 0.2) is 0 Å². The third-order valence-electron chi connectivity index (χ3n) is 6.72. The molecule has 0 aliphatic heterocycles. The van der Waals surface area contributed by atoms with E-state index in [0.717, 1.165) is 10.1 Å². The fourth-order valence-corrected chi connectivity index (χ4v) is 6.39. The number of rotatable bonds is 2. The van der Waals surface area contributed by atoms with E-state index in [9.17, 15) is 0 Å². The maximum Gasteiger partial charge on any atom is 0.0479 e. The van der Waals surface area contributed by atoms with Gasteiger partial charge in [0.2, 0.25) is 0 Å². The Bertz CT molecular complexity index is 939. The molecule has 2 aliphatic carbocycles. The molecule has 2 aliphatic rings. The van der Waals surface area contributed by atoms with Gasteiger partial charge in [-0.2, -0.15) is 0 Å². The highest BCUT2D eigenvalue weighted by Gasteiger charge is 2.48. The Labute approximate surface area is 172 Å². The molecule has 0 heterocycles. The quantitative estimate of drug-likeness (QED) is 0.479. The second-order valence-corrected chi connectivity index (χ2v) is 9.52. The third kappa shape index (κ3) is 2.50. The van der Waals surface area contributed by atoms with Crippen LogP contribution in [0.2, 0.25) is 0 Å². The standard InChI is InChI=1S/C25H26Cl2/c1-13-9-7-11-17-19(13)23(26)15(3)21(17)25(5,6)22-16(4)24(27)20-14(2)10-8-12-18(20)22/h7-12,21-22H,1-6H3. The lowest BCUT2D eigenvalue weighted by atomic mass is 9.62. The summed E-state index contributed by atoms with van der Waals surface area (Å²) in [5.41, 5.74) is 10.2. The van der Waals surface area contributed by atoms with E-state index in [1.165, 1.54) is 44.5 Å². The molecule has 0 nitrogen and oxygen atoms in total. The third-order valence-corrected chi connectivity index (χ3v) is 7.69.